The van der Waals surface area contributed by atoms with E-state index in [1.165, 1.54) is 11.1 Å². The number of hydrogen-bond donors (Lipinski definition) is 1. The van der Waals surface area contributed by atoms with E-state index in [4.69, 9.17) is 14.6 Å². The van der Waals surface area contributed by atoms with Gasteiger partial charge < -0.3 is 14.6 Å². The van der Waals surface area contributed by atoms with Crippen LogP contribution in [0.1, 0.15) is 59.9 Å². The van der Waals surface area contributed by atoms with Gasteiger partial charge in [0, 0.05) is 20.6 Å². The SMILES string of the molecule is COC1(OC)C=C(c2ccccc2)CC(C(C)(C)C)(C(C)(C)C)C1.Oc1ccccc1. The topological polar surface area (TPSA) is 38.7 Å². The van der Waals surface area contributed by atoms with Gasteiger partial charge in [-0.05, 0) is 52.0 Å². The second kappa shape index (κ2) is 9.58. The van der Waals surface area contributed by atoms with Gasteiger partial charge in [-0.2, -0.15) is 0 Å². The summed E-state index contributed by atoms with van der Waals surface area (Å²) in [6.45, 7) is 14.1. The van der Waals surface area contributed by atoms with E-state index in [-0.39, 0.29) is 16.2 Å². The summed E-state index contributed by atoms with van der Waals surface area (Å²) in [7, 11) is 3.51. The van der Waals surface area contributed by atoms with Crippen molar-refractivity contribution in [3.63, 3.8) is 0 Å². The molecule has 2 aromatic carbocycles. The molecule has 0 fully saturated rings. The smallest absolute Gasteiger partial charge is 0.188 e. The van der Waals surface area contributed by atoms with Crippen LogP contribution in [-0.4, -0.2) is 25.1 Å². The first-order valence-electron chi connectivity index (χ1n) is 11.0. The predicted molar refractivity (Wildman–Crippen MR) is 130 cm³/mol. The summed E-state index contributed by atoms with van der Waals surface area (Å²) >= 11 is 0. The van der Waals surface area contributed by atoms with Crippen LogP contribution in [-0.2, 0) is 9.47 Å². The monoisotopic (exact) mass is 424 g/mol. The van der Waals surface area contributed by atoms with Gasteiger partial charge in [-0.15, -0.1) is 0 Å². The van der Waals surface area contributed by atoms with Crippen molar-refractivity contribution >= 4 is 5.57 Å². The molecule has 3 heteroatoms. The molecule has 2 aromatic rings. The van der Waals surface area contributed by atoms with Crippen molar-refractivity contribution in [2.75, 3.05) is 14.2 Å². The third kappa shape index (κ3) is 5.58. The fraction of sp³-hybridized carbons (Fsp3) is 0.500. The van der Waals surface area contributed by atoms with Gasteiger partial charge in [-0.25, -0.2) is 0 Å². The number of phenolic OH excluding ortho intramolecular Hbond substituents is 1. The highest BCUT2D eigenvalue weighted by Gasteiger charge is 2.57. The van der Waals surface area contributed by atoms with Crippen LogP contribution < -0.4 is 0 Å². The number of aromatic hydroxyl groups is 1. The van der Waals surface area contributed by atoms with Crippen molar-refractivity contribution < 1.29 is 14.6 Å². The second-order valence-electron chi connectivity index (χ2n) is 10.5. The molecule has 0 unspecified atom stereocenters. The summed E-state index contributed by atoms with van der Waals surface area (Å²) < 4.78 is 11.9. The Kier molecular flexibility index (Phi) is 7.78. The molecule has 0 saturated carbocycles. The lowest BCUT2D eigenvalue weighted by Crippen LogP contribution is -2.54. The maximum atomic E-state index is 8.63. The Morgan fingerprint density at radius 2 is 1.19 bits per heavy atom. The molecule has 3 rings (SSSR count). The van der Waals surface area contributed by atoms with E-state index < -0.39 is 5.79 Å². The lowest BCUT2D eigenvalue weighted by molar-refractivity contribution is -0.221. The van der Waals surface area contributed by atoms with Crippen LogP contribution in [0.25, 0.3) is 5.57 Å². The largest absolute Gasteiger partial charge is 0.508 e. The van der Waals surface area contributed by atoms with Gasteiger partial charge in [0.2, 0.25) is 0 Å². The second-order valence-corrected chi connectivity index (χ2v) is 10.5. The number of ether oxygens (including phenoxy) is 2. The fourth-order valence-electron chi connectivity index (χ4n) is 4.97. The summed E-state index contributed by atoms with van der Waals surface area (Å²) in [4.78, 5) is 0. The van der Waals surface area contributed by atoms with Crippen LogP contribution in [0.4, 0.5) is 0 Å². The van der Waals surface area contributed by atoms with Gasteiger partial charge in [-0.3, -0.25) is 0 Å². The zero-order chi connectivity index (χ0) is 23.3. The van der Waals surface area contributed by atoms with Gasteiger partial charge in [-0.1, -0.05) is 90.1 Å². The molecule has 0 aliphatic heterocycles. The summed E-state index contributed by atoms with van der Waals surface area (Å²) in [5.41, 5.74) is 2.85. The first-order valence-corrected chi connectivity index (χ1v) is 11.0. The minimum absolute atomic E-state index is 0.0476. The van der Waals surface area contributed by atoms with E-state index in [0.29, 0.717) is 5.75 Å². The van der Waals surface area contributed by atoms with E-state index in [1.807, 2.05) is 6.07 Å². The first-order chi connectivity index (χ1) is 14.4. The number of rotatable bonds is 3. The van der Waals surface area contributed by atoms with Crippen molar-refractivity contribution in [2.24, 2.45) is 16.2 Å². The van der Waals surface area contributed by atoms with Crippen molar-refractivity contribution in [3.05, 3.63) is 72.3 Å². The number of methoxy groups -OCH3 is 2. The van der Waals surface area contributed by atoms with Crippen molar-refractivity contribution in [3.8, 4) is 5.75 Å². The van der Waals surface area contributed by atoms with Crippen LogP contribution in [0.2, 0.25) is 0 Å². The van der Waals surface area contributed by atoms with Gasteiger partial charge in [0.05, 0.1) is 0 Å². The lowest BCUT2D eigenvalue weighted by atomic mass is 9.48. The zero-order valence-corrected chi connectivity index (χ0v) is 20.5. The number of benzene rings is 2. The van der Waals surface area contributed by atoms with Gasteiger partial charge in [0.1, 0.15) is 5.75 Å². The maximum absolute atomic E-state index is 8.63. The Balaban J connectivity index is 0.000000412. The quantitative estimate of drug-likeness (QED) is 0.524. The molecule has 0 aromatic heterocycles. The minimum Gasteiger partial charge on any atom is -0.508 e. The molecule has 1 aliphatic carbocycles. The fourth-order valence-corrected chi connectivity index (χ4v) is 4.97. The standard InChI is InChI=1S/C22H34O2.C6H6O/c1-19(2,3)21(20(4,5)6)14-18(17-12-10-9-11-13-17)15-22(16-21,23-7)24-8;7-6-4-2-1-3-5-6/h9-13,15H,14,16H2,1-8H3;1-5,7H. The number of phenols is 1. The van der Waals surface area contributed by atoms with Gasteiger partial charge in [0.25, 0.3) is 0 Å². The van der Waals surface area contributed by atoms with Crippen molar-refractivity contribution in [1.82, 2.24) is 0 Å². The third-order valence-electron chi connectivity index (χ3n) is 6.90. The van der Waals surface area contributed by atoms with Crippen molar-refractivity contribution in [2.45, 2.75) is 60.2 Å². The molecule has 3 nitrogen and oxygen atoms in total. The van der Waals surface area contributed by atoms with Crippen molar-refractivity contribution in [1.29, 1.82) is 0 Å². The van der Waals surface area contributed by atoms with E-state index in [2.05, 4.69) is 78.0 Å². The molecule has 0 bridgehead atoms. The molecule has 0 spiro atoms. The van der Waals surface area contributed by atoms with Crippen LogP contribution in [0.3, 0.4) is 0 Å². The average molecular weight is 425 g/mol. The number of hydrogen-bond acceptors (Lipinski definition) is 3. The molecule has 1 N–H and O–H groups in total. The van der Waals surface area contributed by atoms with Gasteiger partial charge in [0.15, 0.2) is 5.79 Å². The lowest BCUT2D eigenvalue weighted by Gasteiger charge is -2.59. The molecule has 31 heavy (non-hydrogen) atoms. The van der Waals surface area contributed by atoms with Crippen LogP contribution >= 0.6 is 0 Å². The van der Waals surface area contributed by atoms with Crippen LogP contribution in [0.15, 0.2) is 66.7 Å². The highest BCUT2D eigenvalue weighted by molar-refractivity contribution is 5.68. The molecule has 0 atom stereocenters. The summed E-state index contributed by atoms with van der Waals surface area (Å²) in [6.07, 6.45) is 4.08. The summed E-state index contributed by atoms with van der Waals surface area (Å²) in [5, 5.41) is 8.63. The highest BCUT2D eigenvalue weighted by Crippen LogP contribution is 2.62. The molecule has 0 amide bonds. The molecular weight excluding hydrogens is 384 g/mol. The van der Waals surface area contributed by atoms with E-state index in [1.54, 1.807) is 38.5 Å². The summed E-state index contributed by atoms with van der Waals surface area (Å²) in [5.74, 6) is -0.355. The molecule has 0 heterocycles. The van der Waals surface area contributed by atoms with Crippen LogP contribution in [0, 0.1) is 16.2 Å². The Morgan fingerprint density at radius 3 is 1.55 bits per heavy atom. The third-order valence-corrected chi connectivity index (χ3v) is 6.90. The molecular formula is C28H40O3. The van der Waals surface area contributed by atoms with E-state index in [9.17, 15) is 0 Å². The first kappa shape index (κ1) is 25.2. The average Bonchev–Trinajstić information content (AvgIpc) is 2.73. The highest BCUT2D eigenvalue weighted by atomic mass is 16.7. The maximum Gasteiger partial charge on any atom is 0.188 e. The number of allylic oxidation sites excluding steroid dienone is 1. The molecule has 0 radical (unpaired) electrons. The molecule has 0 saturated heterocycles. The van der Waals surface area contributed by atoms with Gasteiger partial charge >= 0.3 is 0 Å². The zero-order valence-electron chi connectivity index (χ0n) is 20.5. The Labute approximate surface area is 189 Å². The normalized spacial score (nSPS) is 17.9. The predicted octanol–water partition coefficient (Wildman–Crippen LogP) is 7.32. The Bertz CT molecular complexity index is 821. The Hall–Kier alpha value is -2.10. The minimum atomic E-state index is -0.677. The van der Waals surface area contributed by atoms with Crippen LogP contribution in [0.5, 0.6) is 5.75 Å². The molecule has 170 valence electrons. The summed E-state index contributed by atoms with van der Waals surface area (Å²) in [6, 6.07) is 19.3. The Morgan fingerprint density at radius 1 is 0.742 bits per heavy atom. The van der Waals surface area contributed by atoms with E-state index in [0.717, 1.165) is 12.8 Å². The molecule has 1 aliphatic rings. The number of para-hydroxylation sites is 1. The van der Waals surface area contributed by atoms with E-state index >= 15 is 0 Å².